The topological polar surface area (TPSA) is 67.8 Å². The minimum atomic E-state index is 0.222. The van der Waals surface area contributed by atoms with E-state index >= 15 is 0 Å². The summed E-state index contributed by atoms with van der Waals surface area (Å²) in [6.45, 7) is 8.05. The number of aryl methyl sites for hydroxylation is 1. The number of aromatic nitrogens is 1. The van der Waals surface area contributed by atoms with Crippen molar-refractivity contribution in [2.75, 3.05) is 13.7 Å². The summed E-state index contributed by atoms with van der Waals surface area (Å²) >= 11 is 1.68. The Morgan fingerprint density at radius 2 is 2.19 bits per heavy atom. The first kappa shape index (κ1) is 18.5. The second-order valence-electron chi connectivity index (χ2n) is 6.26. The molecule has 0 radical (unpaired) electrons. The lowest BCUT2D eigenvalue weighted by molar-refractivity contribution is 0.254. The van der Waals surface area contributed by atoms with Crippen molar-refractivity contribution in [3.63, 3.8) is 0 Å². The second-order valence-corrected chi connectivity index (χ2v) is 7.58. The molecule has 0 bridgehead atoms. The van der Waals surface area contributed by atoms with E-state index in [9.17, 15) is 0 Å². The maximum atomic E-state index is 5.89. The molecule has 0 aliphatic carbocycles. The molecule has 2 aromatic rings. The molecule has 3 rings (SSSR count). The fraction of sp³-hybridized carbons (Fsp3) is 0.474. The zero-order chi connectivity index (χ0) is 18.5. The minimum absolute atomic E-state index is 0.222. The van der Waals surface area contributed by atoms with Gasteiger partial charge in [-0.1, -0.05) is 0 Å². The van der Waals surface area contributed by atoms with Gasteiger partial charge in [-0.15, -0.1) is 11.3 Å². The summed E-state index contributed by atoms with van der Waals surface area (Å²) in [5, 5.41) is 7.74. The van der Waals surface area contributed by atoms with Crippen molar-refractivity contribution < 1.29 is 9.47 Å². The van der Waals surface area contributed by atoms with Crippen molar-refractivity contribution in [1.29, 1.82) is 0 Å². The number of ether oxygens (including phenoxy) is 2. The van der Waals surface area contributed by atoms with Crippen LogP contribution in [0.1, 0.15) is 34.9 Å². The Bertz CT molecular complexity index is 788. The third-order valence-corrected chi connectivity index (χ3v) is 5.06. The Morgan fingerprint density at radius 3 is 2.88 bits per heavy atom. The number of nitrogens with one attached hydrogen (secondary N) is 2. The second kappa shape index (κ2) is 8.40. The van der Waals surface area contributed by atoms with Gasteiger partial charge in [0.15, 0.2) is 5.96 Å². The highest BCUT2D eigenvalue weighted by molar-refractivity contribution is 7.11. The molecule has 0 amide bonds. The first-order chi connectivity index (χ1) is 12.6. The summed E-state index contributed by atoms with van der Waals surface area (Å²) in [5.41, 5.74) is 2.28. The molecule has 0 saturated carbocycles. The number of aliphatic imine (C=N–C) groups is 1. The van der Waals surface area contributed by atoms with Crippen molar-refractivity contribution in [1.82, 2.24) is 15.6 Å². The molecular weight excluding hydrogens is 348 g/mol. The van der Waals surface area contributed by atoms with Crippen LogP contribution in [0.15, 0.2) is 23.3 Å². The molecule has 7 heteroatoms. The number of hydrogen-bond acceptors (Lipinski definition) is 5. The Labute approximate surface area is 158 Å². The third-order valence-electron chi connectivity index (χ3n) is 4.15. The van der Waals surface area contributed by atoms with Gasteiger partial charge in [-0.3, -0.25) is 4.99 Å². The van der Waals surface area contributed by atoms with Gasteiger partial charge in [0, 0.05) is 42.2 Å². The van der Waals surface area contributed by atoms with Gasteiger partial charge in [-0.25, -0.2) is 4.98 Å². The molecule has 1 unspecified atom stereocenters. The van der Waals surface area contributed by atoms with E-state index in [-0.39, 0.29) is 6.10 Å². The predicted octanol–water partition coefficient (Wildman–Crippen LogP) is 3.04. The van der Waals surface area contributed by atoms with E-state index in [1.165, 1.54) is 10.4 Å². The number of rotatable bonds is 6. The lowest BCUT2D eigenvalue weighted by Gasteiger charge is -2.15. The Morgan fingerprint density at radius 1 is 1.38 bits per heavy atom. The molecule has 6 nitrogen and oxygen atoms in total. The van der Waals surface area contributed by atoms with Crippen LogP contribution in [0.25, 0.3) is 0 Å². The van der Waals surface area contributed by atoms with Crippen molar-refractivity contribution in [3.05, 3.63) is 39.3 Å². The summed E-state index contributed by atoms with van der Waals surface area (Å²) in [6, 6.07) is 4.19. The van der Waals surface area contributed by atoms with Gasteiger partial charge >= 0.3 is 0 Å². The molecular formula is C19H26N4O2S. The van der Waals surface area contributed by atoms with Gasteiger partial charge in [-0.05, 0) is 32.9 Å². The summed E-state index contributed by atoms with van der Waals surface area (Å²) < 4.78 is 11.7. The van der Waals surface area contributed by atoms with Gasteiger partial charge < -0.3 is 20.1 Å². The molecule has 1 aromatic carbocycles. The Kier molecular flexibility index (Phi) is 5.98. The van der Waals surface area contributed by atoms with E-state index in [4.69, 9.17) is 9.47 Å². The van der Waals surface area contributed by atoms with Gasteiger partial charge in [0.05, 0.1) is 18.2 Å². The van der Waals surface area contributed by atoms with Gasteiger partial charge in [-0.2, -0.15) is 0 Å². The summed E-state index contributed by atoms with van der Waals surface area (Å²) in [7, 11) is 1.77. The van der Waals surface area contributed by atoms with Gasteiger partial charge in [0.25, 0.3) is 0 Å². The number of guanidine groups is 1. The zero-order valence-electron chi connectivity index (χ0n) is 15.8. The average molecular weight is 375 g/mol. The van der Waals surface area contributed by atoms with E-state index in [0.29, 0.717) is 19.7 Å². The monoisotopic (exact) mass is 374 g/mol. The van der Waals surface area contributed by atoms with Crippen LogP contribution in [-0.4, -0.2) is 30.7 Å². The highest BCUT2D eigenvalue weighted by Gasteiger charge is 2.21. The first-order valence-electron chi connectivity index (χ1n) is 8.90. The van der Waals surface area contributed by atoms with E-state index < -0.39 is 0 Å². The molecule has 26 heavy (non-hydrogen) atoms. The summed E-state index contributed by atoms with van der Waals surface area (Å²) in [5.74, 6) is 2.61. The number of nitrogens with zero attached hydrogens (tertiary/aromatic N) is 2. The summed E-state index contributed by atoms with van der Waals surface area (Å²) in [6.07, 6.45) is 3.05. The van der Waals surface area contributed by atoms with Crippen LogP contribution in [0.3, 0.4) is 0 Å². The van der Waals surface area contributed by atoms with Crippen LogP contribution in [0, 0.1) is 6.92 Å². The lowest BCUT2D eigenvalue weighted by atomic mass is 10.1. The number of fused-ring (bicyclic) bond motifs is 1. The van der Waals surface area contributed by atoms with Crippen LogP contribution in [0.5, 0.6) is 11.5 Å². The first-order valence-corrected chi connectivity index (χ1v) is 9.71. The van der Waals surface area contributed by atoms with Crippen LogP contribution < -0.4 is 20.1 Å². The molecule has 0 spiro atoms. The molecule has 2 N–H and O–H groups in total. The summed E-state index contributed by atoms with van der Waals surface area (Å²) in [4.78, 5) is 9.75. The quantitative estimate of drug-likeness (QED) is 0.601. The SMILES string of the molecule is CCOc1cc2c(cc1CNC(=NC)NCc1cnc(C)s1)OC(C)C2. The lowest BCUT2D eigenvalue weighted by Crippen LogP contribution is -2.36. The van der Waals surface area contributed by atoms with E-state index in [1.807, 2.05) is 20.0 Å². The molecule has 2 heterocycles. The van der Waals surface area contributed by atoms with Crippen molar-refractivity contribution in [2.24, 2.45) is 4.99 Å². The van der Waals surface area contributed by atoms with Crippen molar-refractivity contribution >= 4 is 17.3 Å². The molecule has 0 fully saturated rings. The number of benzene rings is 1. The van der Waals surface area contributed by atoms with Gasteiger partial charge in [0.2, 0.25) is 0 Å². The van der Waals surface area contributed by atoms with Crippen LogP contribution in [-0.2, 0) is 19.5 Å². The smallest absolute Gasteiger partial charge is 0.191 e. The normalized spacial score (nSPS) is 16.2. The minimum Gasteiger partial charge on any atom is -0.494 e. The molecule has 1 aliphatic heterocycles. The highest BCUT2D eigenvalue weighted by atomic mass is 32.1. The number of thiazole rings is 1. The van der Waals surface area contributed by atoms with Crippen molar-refractivity contribution in [3.8, 4) is 11.5 Å². The molecule has 1 aromatic heterocycles. The van der Waals surface area contributed by atoms with Gasteiger partial charge in [0.1, 0.15) is 17.6 Å². The maximum absolute atomic E-state index is 5.89. The molecule has 1 aliphatic rings. The zero-order valence-corrected chi connectivity index (χ0v) is 16.6. The number of hydrogen-bond donors (Lipinski definition) is 2. The van der Waals surface area contributed by atoms with E-state index in [0.717, 1.165) is 34.5 Å². The molecule has 1 atom stereocenters. The molecule has 140 valence electrons. The highest BCUT2D eigenvalue weighted by Crippen LogP contribution is 2.35. The Balaban J connectivity index is 1.64. The average Bonchev–Trinajstić information content (AvgIpc) is 3.19. The van der Waals surface area contributed by atoms with E-state index in [2.05, 4.69) is 39.7 Å². The fourth-order valence-corrected chi connectivity index (χ4v) is 3.70. The third kappa shape index (κ3) is 4.46. The fourth-order valence-electron chi connectivity index (χ4n) is 2.97. The maximum Gasteiger partial charge on any atom is 0.191 e. The standard InChI is InChI=1S/C19H26N4O2S/c1-5-24-17-7-14-6-12(2)25-18(14)8-15(17)9-22-19(20-4)23-11-16-10-21-13(3)26-16/h7-8,10,12H,5-6,9,11H2,1-4H3,(H2,20,22,23). The van der Waals surface area contributed by atoms with Crippen molar-refractivity contribution in [2.45, 2.75) is 46.4 Å². The van der Waals surface area contributed by atoms with E-state index in [1.54, 1.807) is 18.4 Å². The molecule has 0 saturated heterocycles. The largest absolute Gasteiger partial charge is 0.494 e. The Hall–Kier alpha value is -2.28. The predicted molar refractivity (Wildman–Crippen MR) is 105 cm³/mol. The van der Waals surface area contributed by atoms with Crippen LogP contribution in [0.2, 0.25) is 0 Å². The van der Waals surface area contributed by atoms with Crippen LogP contribution >= 0.6 is 11.3 Å². The van der Waals surface area contributed by atoms with Crippen LogP contribution in [0.4, 0.5) is 0 Å².